The maximum absolute atomic E-state index is 13.5. The SMILES string of the molecule is COc1ccc(NC(=O)/C=C/c2c(F)c(F)c(F)c(F)c2F)cc1[N+](=O)[O-]. The maximum Gasteiger partial charge on any atom is 0.312 e. The number of hydrogen-bond donors (Lipinski definition) is 1. The topological polar surface area (TPSA) is 81.5 Å². The Morgan fingerprint density at radius 2 is 1.63 bits per heavy atom. The third kappa shape index (κ3) is 4.02. The molecule has 0 fully saturated rings. The van der Waals surface area contributed by atoms with Crippen LogP contribution in [0, 0.1) is 39.2 Å². The molecule has 2 rings (SSSR count). The molecule has 1 amide bonds. The standard InChI is InChI=1S/C16H9F5N2O4/c1-27-10-4-2-7(6-9(10)23(25)26)22-11(24)5-3-8-12(17)14(19)16(21)15(20)13(8)18/h2-6H,1H3,(H,22,24)/b5-3+. The molecule has 27 heavy (non-hydrogen) atoms. The van der Waals surface area contributed by atoms with E-state index in [2.05, 4.69) is 5.32 Å². The number of methoxy groups -OCH3 is 1. The van der Waals surface area contributed by atoms with Gasteiger partial charge in [0, 0.05) is 17.8 Å². The van der Waals surface area contributed by atoms with E-state index in [4.69, 9.17) is 4.74 Å². The largest absolute Gasteiger partial charge is 0.490 e. The summed E-state index contributed by atoms with van der Waals surface area (Å²) in [6, 6.07) is 3.40. The Bertz CT molecular complexity index is 933. The van der Waals surface area contributed by atoms with Gasteiger partial charge in [0.2, 0.25) is 11.7 Å². The van der Waals surface area contributed by atoms with Crippen molar-refractivity contribution in [1.29, 1.82) is 0 Å². The molecule has 0 radical (unpaired) electrons. The van der Waals surface area contributed by atoms with Crippen LogP contribution in [0.25, 0.3) is 6.08 Å². The number of nitrogens with zero attached hydrogens (tertiary/aromatic N) is 1. The van der Waals surface area contributed by atoms with Crippen LogP contribution < -0.4 is 10.1 Å². The third-order valence-corrected chi connectivity index (χ3v) is 3.29. The number of hydrogen-bond acceptors (Lipinski definition) is 4. The van der Waals surface area contributed by atoms with E-state index in [-0.39, 0.29) is 11.4 Å². The Labute approximate surface area is 148 Å². The van der Waals surface area contributed by atoms with Crippen molar-refractivity contribution in [2.24, 2.45) is 0 Å². The number of halogens is 5. The second-order valence-electron chi connectivity index (χ2n) is 4.95. The summed E-state index contributed by atoms with van der Waals surface area (Å²) < 4.78 is 70.9. The molecule has 0 bridgehead atoms. The number of nitro benzene ring substituents is 1. The van der Waals surface area contributed by atoms with Crippen molar-refractivity contribution in [3.63, 3.8) is 0 Å². The Hall–Kier alpha value is -3.50. The molecular weight excluding hydrogens is 379 g/mol. The predicted octanol–water partition coefficient (Wildman–Crippen LogP) is 3.95. The molecule has 11 heteroatoms. The first-order chi connectivity index (χ1) is 12.7. The lowest BCUT2D eigenvalue weighted by Crippen LogP contribution is -2.09. The molecule has 0 saturated carbocycles. The molecule has 2 aromatic rings. The summed E-state index contributed by atoms with van der Waals surface area (Å²) in [5, 5.41) is 13.1. The van der Waals surface area contributed by atoms with Crippen molar-refractivity contribution in [2.45, 2.75) is 0 Å². The first-order valence-corrected chi connectivity index (χ1v) is 7.00. The molecule has 0 spiro atoms. The second-order valence-corrected chi connectivity index (χ2v) is 4.95. The predicted molar refractivity (Wildman–Crippen MR) is 83.5 cm³/mol. The van der Waals surface area contributed by atoms with Crippen molar-refractivity contribution >= 4 is 23.4 Å². The van der Waals surface area contributed by atoms with Crippen LogP contribution in [-0.2, 0) is 4.79 Å². The molecule has 142 valence electrons. The molecule has 0 saturated heterocycles. The first kappa shape index (κ1) is 19.8. The summed E-state index contributed by atoms with van der Waals surface area (Å²) in [5.74, 6) is -11.9. The van der Waals surface area contributed by atoms with Crippen LogP contribution in [0.5, 0.6) is 5.75 Å². The average Bonchev–Trinajstić information content (AvgIpc) is 2.64. The van der Waals surface area contributed by atoms with Gasteiger partial charge >= 0.3 is 5.69 Å². The molecular formula is C16H9F5N2O4. The lowest BCUT2D eigenvalue weighted by molar-refractivity contribution is -0.385. The van der Waals surface area contributed by atoms with E-state index in [0.717, 1.165) is 6.07 Å². The molecule has 0 aromatic heterocycles. The van der Waals surface area contributed by atoms with Gasteiger partial charge in [-0.05, 0) is 18.2 Å². The van der Waals surface area contributed by atoms with Gasteiger partial charge < -0.3 is 10.1 Å². The van der Waals surface area contributed by atoms with E-state index in [1.54, 1.807) is 0 Å². The Morgan fingerprint density at radius 3 is 2.15 bits per heavy atom. The molecule has 0 unspecified atom stereocenters. The Kier molecular flexibility index (Phi) is 5.73. The lowest BCUT2D eigenvalue weighted by Gasteiger charge is -2.06. The number of nitro groups is 1. The smallest absolute Gasteiger partial charge is 0.312 e. The Balaban J connectivity index is 2.27. The van der Waals surface area contributed by atoms with E-state index >= 15 is 0 Å². The average molecular weight is 388 g/mol. The van der Waals surface area contributed by atoms with Gasteiger partial charge in [-0.25, -0.2) is 22.0 Å². The van der Waals surface area contributed by atoms with Gasteiger partial charge in [-0.1, -0.05) is 0 Å². The molecule has 0 aliphatic rings. The van der Waals surface area contributed by atoms with Crippen LogP contribution in [0.2, 0.25) is 0 Å². The third-order valence-electron chi connectivity index (χ3n) is 3.29. The summed E-state index contributed by atoms with van der Waals surface area (Å²) in [4.78, 5) is 21.9. The zero-order valence-corrected chi connectivity index (χ0v) is 13.4. The number of anilines is 1. The maximum atomic E-state index is 13.5. The highest BCUT2D eigenvalue weighted by Crippen LogP contribution is 2.29. The van der Waals surface area contributed by atoms with Crippen LogP contribution >= 0.6 is 0 Å². The summed E-state index contributed by atoms with van der Waals surface area (Å²) in [5.41, 5.74) is -1.82. The second kappa shape index (κ2) is 7.81. The van der Waals surface area contributed by atoms with E-state index < -0.39 is 51.2 Å². The van der Waals surface area contributed by atoms with Gasteiger partial charge in [0.1, 0.15) is 0 Å². The Morgan fingerprint density at radius 1 is 1.07 bits per heavy atom. The molecule has 0 atom stereocenters. The number of ether oxygens (including phenoxy) is 1. The highest BCUT2D eigenvalue weighted by atomic mass is 19.2. The molecule has 1 N–H and O–H groups in total. The van der Waals surface area contributed by atoms with Crippen LogP contribution in [0.1, 0.15) is 5.56 Å². The number of benzene rings is 2. The van der Waals surface area contributed by atoms with Gasteiger partial charge in [0.05, 0.1) is 17.6 Å². The van der Waals surface area contributed by atoms with Gasteiger partial charge in [0.25, 0.3) is 0 Å². The highest BCUT2D eigenvalue weighted by molar-refractivity contribution is 6.02. The minimum Gasteiger partial charge on any atom is -0.490 e. The van der Waals surface area contributed by atoms with Gasteiger partial charge in [0.15, 0.2) is 29.0 Å². The van der Waals surface area contributed by atoms with Crippen molar-refractivity contribution in [3.05, 3.63) is 69.0 Å². The minimum atomic E-state index is -2.32. The van der Waals surface area contributed by atoms with Crippen molar-refractivity contribution in [1.82, 2.24) is 0 Å². The van der Waals surface area contributed by atoms with E-state index in [9.17, 15) is 36.9 Å². The van der Waals surface area contributed by atoms with E-state index in [0.29, 0.717) is 12.2 Å². The molecule has 6 nitrogen and oxygen atoms in total. The number of rotatable bonds is 5. The number of nitrogens with one attached hydrogen (secondary N) is 1. The van der Waals surface area contributed by atoms with Crippen molar-refractivity contribution in [3.8, 4) is 5.75 Å². The fourth-order valence-electron chi connectivity index (χ4n) is 2.02. The molecule has 0 aliphatic heterocycles. The fourth-order valence-corrected chi connectivity index (χ4v) is 2.02. The van der Waals surface area contributed by atoms with Crippen LogP contribution in [0.4, 0.5) is 33.3 Å². The van der Waals surface area contributed by atoms with Gasteiger partial charge in [-0.15, -0.1) is 0 Å². The first-order valence-electron chi connectivity index (χ1n) is 7.00. The quantitative estimate of drug-likeness (QED) is 0.210. The highest BCUT2D eigenvalue weighted by Gasteiger charge is 2.24. The lowest BCUT2D eigenvalue weighted by atomic mass is 10.1. The monoisotopic (exact) mass is 388 g/mol. The summed E-state index contributed by atoms with van der Waals surface area (Å²) >= 11 is 0. The summed E-state index contributed by atoms with van der Waals surface area (Å²) in [7, 11) is 1.20. The molecule has 2 aromatic carbocycles. The fraction of sp³-hybridized carbons (Fsp3) is 0.0625. The summed E-state index contributed by atoms with van der Waals surface area (Å²) in [6.45, 7) is 0. The zero-order valence-electron chi connectivity index (χ0n) is 13.4. The van der Waals surface area contributed by atoms with Crippen molar-refractivity contribution in [2.75, 3.05) is 12.4 Å². The zero-order chi connectivity index (χ0) is 20.3. The van der Waals surface area contributed by atoms with E-state index in [1.165, 1.54) is 19.2 Å². The number of carbonyl (C=O) groups excluding carboxylic acids is 1. The van der Waals surface area contributed by atoms with Crippen LogP contribution in [-0.4, -0.2) is 17.9 Å². The molecule has 0 heterocycles. The van der Waals surface area contributed by atoms with Crippen LogP contribution in [0.15, 0.2) is 24.3 Å². The molecule has 0 aliphatic carbocycles. The number of carbonyl (C=O) groups is 1. The van der Waals surface area contributed by atoms with E-state index in [1.807, 2.05) is 0 Å². The number of amides is 1. The summed E-state index contributed by atoms with van der Waals surface area (Å²) in [6.07, 6.45) is 0.901. The van der Waals surface area contributed by atoms with Gasteiger partial charge in [-0.3, -0.25) is 14.9 Å². The van der Waals surface area contributed by atoms with Crippen LogP contribution in [0.3, 0.4) is 0 Å². The minimum absolute atomic E-state index is 0.0606. The normalized spacial score (nSPS) is 10.9. The van der Waals surface area contributed by atoms with Crippen molar-refractivity contribution < 1.29 is 36.4 Å². The van der Waals surface area contributed by atoms with Gasteiger partial charge in [-0.2, -0.15) is 0 Å².